The summed E-state index contributed by atoms with van der Waals surface area (Å²) in [5.41, 5.74) is 3.26. The molecule has 0 unspecified atom stereocenters. The second-order valence-corrected chi connectivity index (χ2v) is 7.64. The van der Waals surface area contributed by atoms with E-state index in [1.807, 2.05) is 32.0 Å². The van der Waals surface area contributed by atoms with Gasteiger partial charge in [-0.1, -0.05) is 12.1 Å². The first-order valence-electron chi connectivity index (χ1n) is 10.0. The smallest absolute Gasteiger partial charge is 0.267 e. The molecule has 4 aromatic heterocycles. The summed E-state index contributed by atoms with van der Waals surface area (Å²) in [5.74, 6) is 0.701. The van der Waals surface area contributed by atoms with Crippen LogP contribution in [0.5, 0.6) is 0 Å². The number of aryl methyl sites for hydroxylation is 2. The first-order chi connectivity index (χ1) is 15.5. The molecule has 0 aliphatic heterocycles. The minimum Gasteiger partial charge on any atom is -0.377 e. The molecule has 1 N–H and O–H groups in total. The van der Waals surface area contributed by atoms with Crippen molar-refractivity contribution in [1.82, 2.24) is 29.3 Å². The highest BCUT2D eigenvalue weighted by atomic mass is 16.5. The highest BCUT2D eigenvalue weighted by Crippen LogP contribution is 2.18. The van der Waals surface area contributed by atoms with Crippen LogP contribution in [0.15, 0.2) is 58.4 Å². The number of rotatable bonds is 4. The molecule has 0 bridgehead atoms. The summed E-state index contributed by atoms with van der Waals surface area (Å²) in [5, 5.41) is 7.51. The maximum Gasteiger partial charge on any atom is 0.267 e. The van der Waals surface area contributed by atoms with Crippen LogP contribution in [0.2, 0.25) is 0 Å². The van der Waals surface area contributed by atoms with Crippen molar-refractivity contribution in [2.24, 2.45) is 0 Å². The number of hydrogen-bond acceptors (Lipinski definition) is 6. The van der Waals surface area contributed by atoms with E-state index in [9.17, 15) is 9.59 Å². The zero-order valence-electron chi connectivity index (χ0n) is 17.8. The SMILES string of the molecule is COCc1nc(-n2ccc3nc4ccn(-c5cc(C)ccc5C)c(=O)c4cc3c2=O)n[nH]1. The van der Waals surface area contributed by atoms with Crippen molar-refractivity contribution in [3.63, 3.8) is 0 Å². The zero-order valence-corrected chi connectivity index (χ0v) is 17.8. The molecule has 0 saturated heterocycles. The minimum absolute atomic E-state index is 0.199. The van der Waals surface area contributed by atoms with Gasteiger partial charge in [0.05, 0.1) is 27.5 Å². The van der Waals surface area contributed by atoms with Gasteiger partial charge in [0.15, 0.2) is 5.82 Å². The Hall–Kier alpha value is -4.11. The number of H-pyrrole nitrogens is 1. The summed E-state index contributed by atoms with van der Waals surface area (Å²) in [6.45, 7) is 4.19. The Morgan fingerprint density at radius 3 is 2.31 bits per heavy atom. The molecule has 0 amide bonds. The predicted octanol–water partition coefficient (Wildman–Crippen LogP) is 2.57. The number of ether oxygens (including phenoxy) is 1. The molecule has 0 saturated carbocycles. The molecule has 4 heterocycles. The van der Waals surface area contributed by atoms with Crippen molar-refractivity contribution in [2.45, 2.75) is 20.5 Å². The molecule has 32 heavy (non-hydrogen) atoms. The molecule has 0 radical (unpaired) electrons. The Bertz CT molecular complexity index is 1610. The average molecular weight is 428 g/mol. The molecule has 9 nitrogen and oxygen atoms in total. The molecule has 0 aliphatic carbocycles. The van der Waals surface area contributed by atoms with Gasteiger partial charge in [-0.2, -0.15) is 4.98 Å². The van der Waals surface area contributed by atoms with Crippen LogP contribution in [-0.2, 0) is 11.3 Å². The predicted molar refractivity (Wildman–Crippen MR) is 121 cm³/mol. The van der Waals surface area contributed by atoms with E-state index in [1.165, 1.54) is 4.57 Å². The zero-order chi connectivity index (χ0) is 22.4. The third-order valence-corrected chi connectivity index (χ3v) is 5.38. The molecular weight excluding hydrogens is 408 g/mol. The second kappa shape index (κ2) is 7.54. The molecule has 9 heteroatoms. The lowest BCUT2D eigenvalue weighted by atomic mass is 10.1. The topological polar surface area (TPSA) is 108 Å². The Balaban J connectivity index is 1.72. The summed E-state index contributed by atoms with van der Waals surface area (Å²) in [6.07, 6.45) is 3.29. The highest BCUT2D eigenvalue weighted by molar-refractivity contribution is 5.91. The number of hydrogen-bond donors (Lipinski definition) is 1. The monoisotopic (exact) mass is 428 g/mol. The molecule has 0 aliphatic rings. The quantitative estimate of drug-likeness (QED) is 0.441. The standard InChI is InChI=1S/C23H20N6O3/c1-13-4-5-14(2)19(10-13)28-8-6-17-15(21(28)30)11-16-18(24-17)7-9-29(22(16)31)23-25-20(12-32-3)26-27-23/h4-11H,12H2,1-3H3,(H,25,26,27). The Labute approximate surface area is 182 Å². The number of fused-ring (bicyclic) bond motifs is 2. The summed E-state index contributed by atoms with van der Waals surface area (Å²) >= 11 is 0. The van der Waals surface area contributed by atoms with Crippen molar-refractivity contribution < 1.29 is 4.74 Å². The number of aromatic nitrogens is 6. The summed E-state index contributed by atoms with van der Waals surface area (Å²) in [6, 6.07) is 11.0. The van der Waals surface area contributed by atoms with Gasteiger partial charge in [0, 0.05) is 19.5 Å². The van der Waals surface area contributed by atoms with Gasteiger partial charge < -0.3 is 4.74 Å². The lowest BCUT2D eigenvalue weighted by Gasteiger charge is -2.11. The maximum atomic E-state index is 13.3. The largest absolute Gasteiger partial charge is 0.377 e. The number of nitrogens with zero attached hydrogens (tertiary/aromatic N) is 5. The highest BCUT2D eigenvalue weighted by Gasteiger charge is 2.14. The van der Waals surface area contributed by atoms with E-state index in [4.69, 9.17) is 4.74 Å². The summed E-state index contributed by atoms with van der Waals surface area (Å²) in [7, 11) is 1.55. The van der Waals surface area contributed by atoms with E-state index in [0.29, 0.717) is 27.6 Å². The second-order valence-electron chi connectivity index (χ2n) is 7.64. The number of pyridine rings is 3. The van der Waals surface area contributed by atoms with Crippen LogP contribution in [-0.4, -0.2) is 36.4 Å². The molecule has 1 aromatic carbocycles. The number of nitrogens with one attached hydrogen (secondary N) is 1. The first-order valence-corrected chi connectivity index (χ1v) is 10.0. The van der Waals surface area contributed by atoms with Gasteiger partial charge in [-0.05, 0) is 49.2 Å². The molecular formula is C23H20N6O3. The van der Waals surface area contributed by atoms with Crippen molar-refractivity contribution in [3.05, 3.63) is 86.5 Å². The summed E-state index contributed by atoms with van der Waals surface area (Å²) in [4.78, 5) is 35.4. The van der Waals surface area contributed by atoms with E-state index in [1.54, 1.807) is 42.3 Å². The van der Waals surface area contributed by atoms with Gasteiger partial charge in [-0.15, -0.1) is 5.10 Å². The van der Waals surface area contributed by atoms with Crippen LogP contribution in [0.4, 0.5) is 0 Å². The van der Waals surface area contributed by atoms with Crippen LogP contribution >= 0.6 is 0 Å². The molecule has 5 rings (SSSR count). The number of aromatic amines is 1. The van der Waals surface area contributed by atoms with Crippen LogP contribution in [0, 0.1) is 13.8 Å². The summed E-state index contributed by atoms with van der Waals surface area (Å²) < 4.78 is 7.94. The van der Waals surface area contributed by atoms with Gasteiger partial charge >= 0.3 is 0 Å². The van der Waals surface area contributed by atoms with Gasteiger partial charge in [0.2, 0.25) is 0 Å². The third kappa shape index (κ3) is 3.19. The van der Waals surface area contributed by atoms with Crippen LogP contribution < -0.4 is 11.1 Å². The van der Waals surface area contributed by atoms with Crippen LogP contribution in [0.1, 0.15) is 17.0 Å². The van der Waals surface area contributed by atoms with Gasteiger partial charge in [0.25, 0.3) is 17.1 Å². The van der Waals surface area contributed by atoms with Crippen LogP contribution in [0.3, 0.4) is 0 Å². The normalized spacial score (nSPS) is 11.5. The minimum atomic E-state index is -0.360. The Morgan fingerprint density at radius 1 is 0.906 bits per heavy atom. The van der Waals surface area contributed by atoms with Gasteiger partial charge in [0.1, 0.15) is 6.61 Å². The Kier molecular flexibility index (Phi) is 4.67. The van der Waals surface area contributed by atoms with Crippen molar-refractivity contribution in [1.29, 1.82) is 0 Å². The third-order valence-electron chi connectivity index (χ3n) is 5.38. The molecule has 5 aromatic rings. The van der Waals surface area contributed by atoms with E-state index in [2.05, 4.69) is 20.2 Å². The van der Waals surface area contributed by atoms with Crippen LogP contribution in [0.25, 0.3) is 33.4 Å². The van der Waals surface area contributed by atoms with Crippen molar-refractivity contribution in [3.8, 4) is 11.6 Å². The lowest BCUT2D eigenvalue weighted by molar-refractivity contribution is 0.178. The molecule has 160 valence electrons. The molecule has 0 spiro atoms. The van der Waals surface area contributed by atoms with E-state index in [0.717, 1.165) is 16.8 Å². The lowest BCUT2D eigenvalue weighted by Crippen LogP contribution is -2.21. The maximum absolute atomic E-state index is 13.3. The fourth-order valence-electron chi connectivity index (χ4n) is 3.74. The number of methoxy groups -OCH3 is 1. The Morgan fingerprint density at radius 2 is 1.59 bits per heavy atom. The van der Waals surface area contributed by atoms with Crippen molar-refractivity contribution in [2.75, 3.05) is 7.11 Å². The molecule has 0 fully saturated rings. The van der Waals surface area contributed by atoms with Gasteiger partial charge in [-0.25, -0.2) is 9.55 Å². The number of benzene rings is 1. The fraction of sp³-hybridized carbons (Fsp3) is 0.174. The van der Waals surface area contributed by atoms with Crippen molar-refractivity contribution >= 4 is 21.8 Å². The van der Waals surface area contributed by atoms with E-state index >= 15 is 0 Å². The van der Waals surface area contributed by atoms with E-state index in [-0.39, 0.29) is 23.7 Å². The fourth-order valence-corrected chi connectivity index (χ4v) is 3.74. The van der Waals surface area contributed by atoms with Gasteiger partial charge in [-0.3, -0.25) is 19.3 Å². The van der Waals surface area contributed by atoms with E-state index < -0.39 is 0 Å². The molecule has 0 atom stereocenters. The first kappa shape index (κ1) is 19.8. The average Bonchev–Trinajstić information content (AvgIpc) is 3.24.